The highest BCUT2D eigenvalue weighted by Crippen LogP contribution is 2.44. The van der Waals surface area contributed by atoms with Crippen LogP contribution in [0.25, 0.3) is 11.1 Å². The van der Waals surface area contributed by atoms with E-state index in [1.807, 2.05) is 36.4 Å². The summed E-state index contributed by atoms with van der Waals surface area (Å²) in [6.07, 6.45) is -4.61. The minimum atomic E-state index is -4.57. The summed E-state index contributed by atoms with van der Waals surface area (Å²) in [6.45, 7) is 0.355. The first kappa shape index (κ1) is 23.1. The molecule has 4 rings (SSSR count). The molecule has 4 nitrogen and oxygen atoms in total. The molecule has 1 aliphatic carbocycles. The summed E-state index contributed by atoms with van der Waals surface area (Å²) in [6, 6.07) is 19.0. The lowest BCUT2D eigenvalue weighted by Crippen LogP contribution is -2.26. The van der Waals surface area contributed by atoms with E-state index in [0.29, 0.717) is 6.29 Å². The van der Waals surface area contributed by atoms with Crippen LogP contribution in [0.1, 0.15) is 45.0 Å². The topological polar surface area (TPSA) is 55.4 Å². The molecular formula is C27H20F3NO3. The van der Waals surface area contributed by atoms with Crippen LogP contribution in [0.15, 0.2) is 66.7 Å². The van der Waals surface area contributed by atoms with Crippen molar-refractivity contribution >= 4 is 12.4 Å². The molecule has 0 saturated heterocycles. The predicted molar refractivity (Wildman–Crippen MR) is 121 cm³/mol. The normalized spacial score (nSPS) is 12.2. The first-order chi connectivity index (χ1) is 16.4. The molecule has 1 N–H and O–H groups in total. The van der Waals surface area contributed by atoms with Gasteiger partial charge in [0.25, 0.3) is 0 Å². The summed E-state index contributed by atoms with van der Waals surface area (Å²) in [4.78, 5) is 23.1. The lowest BCUT2D eigenvalue weighted by Gasteiger charge is -2.14. The molecule has 0 atom stereocenters. The van der Waals surface area contributed by atoms with Gasteiger partial charge >= 0.3 is 12.3 Å². The largest absolute Gasteiger partial charge is 0.449 e. The molecule has 1 aliphatic rings. The quantitative estimate of drug-likeness (QED) is 0.296. The number of rotatable bonds is 5. The van der Waals surface area contributed by atoms with E-state index < -0.39 is 17.8 Å². The van der Waals surface area contributed by atoms with Crippen LogP contribution >= 0.6 is 0 Å². The van der Waals surface area contributed by atoms with Gasteiger partial charge in [-0.15, -0.1) is 0 Å². The Morgan fingerprint density at radius 3 is 2.26 bits per heavy atom. The third-order valence-electron chi connectivity index (χ3n) is 5.51. The number of hydrogen-bond acceptors (Lipinski definition) is 3. The van der Waals surface area contributed by atoms with Crippen molar-refractivity contribution in [2.75, 3.05) is 13.2 Å². The second-order valence-electron chi connectivity index (χ2n) is 7.76. The number of carbonyl (C=O) groups is 2. The average Bonchev–Trinajstić information content (AvgIpc) is 3.15. The van der Waals surface area contributed by atoms with Gasteiger partial charge in [0.1, 0.15) is 12.9 Å². The van der Waals surface area contributed by atoms with E-state index in [0.717, 1.165) is 34.4 Å². The van der Waals surface area contributed by atoms with Crippen molar-refractivity contribution in [1.82, 2.24) is 5.32 Å². The fraction of sp³-hybridized carbons (Fsp3) is 0.185. The van der Waals surface area contributed by atoms with Crippen molar-refractivity contribution < 1.29 is 27.5 Å². The highest BCUT2D eigenvalue weighted by Gasteiger charge is 2.31. The SMILES string of the molecule is O=Cc1cc(C#CCCNC(=O)OCC2c3ccccc3-c3ccccc32)cc(C(F)(F)F)c1. The summed E-state index contributed by atoms with van der Waals surface area (Å²) < 4.78 is 44.2. The van der Waals surface area contributed by atoms with Gasteiger partial charge in [0.05, 0.1) is 5.56 Å². The molecule has 0 bridgehead atoms. The zero-order valence-corrected chi connectivity index (χ0v) is 18.0. The molecule has 0 unspecified atom stereocenters. The molecule has 7 heteroatoms. The Kier molecular flexibility index (Phi) is 6.69. The van der Waals surface area contributed by atoms with Crippen LogP contribution in [0, 0.1) is 11.8 Å². The Morgan fingerprint density at radius 2 is 1.65 bits per heavy atom. The van der Waals surface area contributed by atoms with Crippen molar-refractivity contribution in [3.63, 3.8) is 0 Å². The third kappa shape index (κ3) is 5.12. The van der Waals surface area contributed by atoms with Crippen LogP contribution in [0.4, 0.5) is 18.0 Å². The van der Waals surface area contributed by atoms with E-state index in [-0.39, 0.29) is 36.6 Å². The zero-order valence-electron chi connectivity index (χ0n) is 18.0. The minimum Gasteiger partial charge on any atom is -0.449 e. The summed E-state index contributed by atoms with van der Waals surface area (Å²) >= 11 is 0. The minimum absolute atomic E-state index is 0.0501. The van der Waals surface area contributed by atoms with Gasteiger partial charge < -0.3 is 10.1 Å². The number of nitrogens with one attached hydrogen (secondary N) is 1. The molecule has 0 spiro atoms. The number of carbonyl (C=O) groups excluding carboxylic acids is 2. The first-order valence-corrected chi connectivity index (χ1v) is 10.6. The molecule has 0 aliphatic heterocycles. The molecule has 0 heterocycles. The first-order valence-electron chi connectivity index (χ1n) is 10.6. The Hall–Kier alpha value is -4.05. The van der Waals surface area contributed by atoms with Crippen LogP contribution < -0.4 is 5.32 Å². The summed E-state index contributed by atoms with van der Waals surface area (Å²) in [5, 5.41) is 2.60. The molecule has 0 saturated carbocycles. The number of alkyl carbamates (subject to hydrolysis) is 1. The van der Waals surface area contributed by atoms with Crippen LogP contribution in [-0.4, -0.2) is 25.5 Å². The number of ether oxygens (including phenoxy) is 1. The Morgan fingerprint density at radius 1 is 1.00 bits per heavy atom. The molecule has 0 aromatic heterocycles. The average molecular weight is 463 g/mol. The van der Waals surface area contributed by atoms with Crippen LogP contribution in [0.5, 0.6) is 0 Å². The zero-order chi connectivity index (χ0) is 24.1. The number of benzene rings is 3. The van der Waals surface area contributed by atoms with Crippen molar-refractivity contribution in [2.24, 2.45) is 0 Å². The molecular weight excluding hydrogens is 443 g/mol. The number of halogens is 3. The number of hydrogen-bond donors (Lipinski definition) is 1. The van der Waals surface area contributed by atoms with Gasteiger partial charge in [-0.2, -0.15) is 13.2 Å². The molecule has 172 valence electrons. The van der Waals surface area contributed by atoms with E-state index in [2.05, 4.69) is 29.3 Å². The van der Waals surface area contributed by atoms with E-state index >= 15 is 0 Å². The maximum absolute atomic E-state index is 12.9. The van der Waals surface area contributed by atoms with Gasteiger partial charge in [0.2, 0.25) is 0 Å². The fourth-order valence-electron chi connectivity index (χ4n) is 4.00. The van der Waals surface area contributed by atoms with Gasteiger partial charge in [-0.05, 0) is 40.5 Å². The highest BCUT2D eigenvalue weighted by atomic mass is 19.4. The molecule has 34 heavy (non-hydrogen) atoms. The van der Waals surface area contributed by atoms with Gasteiger partial charge in [0.15, 0.2) is 0 Å². The number of fused-ring (bicyclic) bond motifs is 3. The highest BCUT2D eigenvalue weighted by molar-refractivity contribution is 5.79. The van der Waals surface area contributed by atoms with Crippen molar-refractivity contribution in [3.05, 3.63) is 94.5 Å². The number of aldehydes is 1. The Bertz CT molecular complexity index is 1240. The number of amides is 1. The fourth-order valence-corrected chi connectivity index (χ4v) is 4.00. The van der Waals surface area contributed by atoms with Gasteiger partial charge in [-0.25, -0.2) is 4.79 Å². The smallest absolute Gasteiger partial charge is 0.416 e. The van der Waals surface area contributed by atoms with Crippen LogP contribution in [0.3, 0.4) is 0 Å². The summed E-state index contributed by atoms with van der Waals surface area (Å²) in [5.74, 6) is 5.26. The molecule has 3 aromatic rings. The van der Waals surface area contributed by atoms with Crippen molar-refractivity contribution in [2.45, 2.75) is 18.5 Å². The summed E-state index contributed by atoms with van der Waals surface area (Å²) in [5.41, 5.74) is 3.54. The maximum atomic E-state index is 12.9. The molecule has 3 aromatic carbocycles. The second-order valence-corrected chi connectivity index (χ2v) is 7.76. The van der Waals surface area contributed by atoms with Crippen molar-refractivity contribution in [1.29, 1.82) is 0 Å². The van der Waals surface area contributed by atoms with Crippen LogP contribution in [-0.2, 0) is 10.9 Å². The monoisotopic (exact) mass is 463 g/mol. The third-order valence-corrected chi connectivity index (χ3v) is 5.51. The second kappa shape index (κ2) is 9.84. The Labute approximate surface area is 194 Å². The van der Waals surface area contributed by atoms with Gasteiger partial charge in [0, 0.05) is 30.0 Å². The Balaban J connectivity index is 1.31. The lowest BCUT2D eigenvalue weighted by molar-refractivity contribution is -0.137. The van der Waals surface area contributed by atoms with Crippen molar-refractivity contribution in [3.8, 4) is 23.0 Å². The molecule has 0 fully saturated rings. The van der Waals surface area contributed by atoms with E-state index in [4.69, 9.17) is 4.74 Å². The lowest BCUT2D eigenvalue weighted by atomic mass is 9.98. The van der Waals surface area contributed by atoms with E-state index in [1.165, 1.54) is 6.07 Å². The van der Waals surface area contributed by atoms with Crippen LogP contribution in [0.2, 0.25) is 0 Å². The van der Waals surface area contributed by atoms with E-state index in [1.54, 1.807) is 0 Å². The van der Waals surface area contributed by atoms with Gasteiger partial charge in [-0.3, -0.25) is 4.79 Å². The van der Waals surface area contributed by atoms with E-state index in [9.17, 15) is 22.8 Å². The van der Waals surface area contributed by atoms with Gasteiger partial charge in [-0.1, -0.05) is 60.4 Å². The number of alkyl halides is 3. The standard InChI is InChI=1S/C27H20F3NO3/c28-27(29,30)20-14-18(13-19(15-20)16-32)7-5-6-12-31-26(33)34-17-25-23-10-3-1-8-21(23)22-9-2-4-11-24(22)25/h1-4,8-11,13-16,25H,6,12,17H2,(H,31,33). The predicted octanol–water partition coefficient (Wildman–Crippen LogP) is 5.80. The maximum Gasteiger partial charge on any atom is 0.416 e. The molecule has 0 radical (unpaired) electrons. The summed E-state index contributed by atoms with van der Waals surface area (Å²) in [7, 11) is 0. The molecule has 1 amide bonds.